The summed E-state index contributed by atoms with van der Waals surface area (Å²) in [5.41, 5.74) is 3.05. The van der Waals surface area contributed by atoms with Crippen molar-refractivity contribution in [3.63, 3.8) is 0 Å². The molecular formula is C29H39NO4. The van der Waals surface area contributed by atoms with Crippen LogP contribution in [0.1, 0.15) is 88.1 Å². The number of terminal acetylenes is 1. The molecule has 1 heterocycles. The van der Waals surface area contributed by atoms with Crippen LogP contribution in [0.5, 0.6) is 5.75 Å². The zero-order chi connectivity index (χ0) is 25.5. The Hall–Kier alpha value is -3.00. The lowest BCUT2D eigenvalue weighted by Gasteiger charge is -2.34. The van der Waals surface area contributed by atoms with Crippen molar-refractivity contribution in [2.75, 3.05) is 13.2 Å². The van der Waals surface area contributed by atoms with Gasteiger partial charge in [0.15, 0.2) is 5.78 Å². The Labute approximate surface area is 204 Å². The molecular weight excluding hydrogens is 426 g/mol. The number of Topliss-reactive ketones (excluding diaryl/α,β-unsaturated/α-hetero) is 1. The quantitative estimate of drug-likeness (QED) is 0.229. The fourth-order valence-corrected chi connectivity index (χ4v) is 4.32. The van der Waals surface area contributed by atoms with Crippen molar-refractivity contribution in [1.29, 1.82) is 0 Å². The number of hydrogen-bond donors (Lipinski definition) is 0. The molecule has 0 amide bonds. The first-order chi connectivity index (χ1) is 16.0. The van der Waals surface area contributed by atoms with Gasteiger partial charge in [0.05, 0.1) is 0 Å². The topological polar surface area (TPSA) is 57.5 Å². The first kappa shape index (κ1) is 27.2. The van der Waals surface area contributed by atoms with Crippen molar-refractivity contribution in [2.24, 2.45) is 5.41 Å². The average molecular weight is 466 g/mol. The number of carbonyl (C=O) groups is 2. The highest BCUT2D eigenvalue weighted by molar-refractivity contribution is 5.88. The third-order valence-corrected chi connectivity index (χ3v) is 6.61. The molecule has 0 saturated heterocycles. The van der Waals surface area contributed by atoms with Crippen LogP contribution in [0.2, 0.25) is 0 Å². The van der Waals surface area contributed by atoms with Crippen molar-refractivity contribution in [3.05, 3.63) is 52.8 Å². The molecule has 0 radical (unpaired) electrons. The SMILES string of the molecule is C#CCCOC(=O)c1ccc(C(CC)(CC)c2ccc(OCC(=O)C(C)(C)C)c(C)c2)n1CC. The van der Waals surface area contributed by atoms with Crippen LogP contribution < -0.4 is 4.74 Å². The molecule has 0 aliphatic heterocycles. The minimum atomic E-state index is -0.432. The Morgan fingerprint density at radius 1 is 1.06 bits per heavy atom. The van der Waals surface area contributed by atoms with E-state index in [0.717, 1.165) is 29.7 Å². The molecule has 184 valence electrons. The molecule has 0 saturated carbocycles. The number of carbonyl (C=O) groups excluding carboxylic acids is 2. The summed E-state index contributed by atoms with van der Waals surface area (Å²) in [6, 6.07) is 10.1. The summed E-state index contributed by atoms with van der Waals surface area (Å²) in [7, 11) is 0. The number of rotatable bonds is 11. The van der Waals surface area contributed by atoms with E-state index in [2.05, 4.69) is 31.9 Å². The molecule has 5 heteroatoms. The normalized spacial score (nSPS) is 11.7. The van der Waals surface area contributed by atoms with Crippen molar-refractivity contribution < 1.29 is 19.1 Å². The van der Waals surface area contributed by atoms with E-state index in [1.54, 1.807) is 0 Å². The lowest BCUT2D eigenvalue weighted by molar-refractivity contribution is -0.128. The second-order valence-electron chi connectivity index (χ2n) is 9.67. The molecule has 2 aromatic rings. The van der Waals surface area contributed by atoms with Gasteiger partial charge in [0.2, 0.25) is 0 Å². The molecule has 5 nitrogen and oxygen atoms in total. The van der Waals surface area contributed by atoms with Gasteiger partial charge < -0.3 is 14.0 Å². The minimum absolute atomic E-state index is 0.0558. The molecule has 1 aromatic heterocycles. The van der Waals surface area contributed by atoms with E-state index >= 15 is 0 Å². The van der Waals surface area contributed by atoms with E-state index in [4.69, 9.17) is 15.9 Å². The maximum atomic E-state index is 12.7. The lowest BCUT2D eigenvalue weighted by Crippen LogP contribution is -2.30. The average Bonchev–Trinajstić information content (AvgIpc) is 3.23. The van der Waals surface area contributed by atoms with Crippen LogP contribution in [0.3, 0.4) is 0 Å². The third-order valence-electron chi connectivity index (χ3n) is 6.61. The Morgan fingerprint density at radius 3 is 2.26 bits per heavy atom. The van der Waals surface area contributed by atoms with E-state index in [1.807, 2.05) is 57.4 Å². The van der Waals surface area contributed by atoms with Gasteiger partial charge in [0, 0.05) is 29.5 Å². The predicted octanol–water partition coefficient (Wildman–Crippen LogP) is 6.10. The fourth-order valence-electron chi connectivity index (χ4n) is 4.32. The van der Waals surface area contributed by atoms with Gasteiger partial charge >= 0.3 is 5.97 Å². The molecule has 0 aliphatic rings. The van der Waals surface area contributed by atoms with Crippen LogP contribution in [0.4, 0.5) is 0 Å². The summed E-state index contributed by atoms with van der Waals surface area (Å²) >= 11 is 0. The van der Waals surface area contributed by atoms with Crippen LogP contribution in [-0.4, -0.2) is 29.5 Å². The van der Waals surface area contributed by atoms with Gasteiger partial charge in [-0.15, -0.1) is 12.3 Å². The number of hydrogen-bond acceptors (Lipinski definition) is 4. The monoisotopic (exact) mass is 465 g/mol. The molecule has 34 heavy (non-hydrogen) atoms. The van der Waals surface area contributed by atoms with Crippen LogP contribution >= 0.6 is 0 Å². The molecule has 1 aromatic carbocycles. The van der Waals surface area contributed by atoms with Crippen LogP contribution in [0.25, 0.3) is 0 Å². The summed E-state index contributed by atoms with van der Waals surface area (Å²) in [5, 5.41) is 0. The highest BCUT2D eigenvalue weighted by Crippen LogP contribution is 2.41. The molecule has 0 N–H and O–H groups in total. The Balaban J connectivity index is 2.42. The maximum Gasteiger partial charge on any atom is 0.354 e. The standard InChI is InChI=1S/C29H39NO4/c1-9-13-18-33-27(32)23-15-17-25(30(23)12-4)29(10-2,11-3)22-14-16-24(21(5)19-22)34-20-26(31)28(6,7)8/h1,14-17,19H,10-13,18,20H2,2-8H3. The van der Waals surface area contributed by atoms with Gasteiger partial charge in [0.1, 0.15) is 24.7 Å². The Morgan fingerprint density at radius 2 is 1.74 bits per heavy atom. The van der Waals surface area contributed by atoms with Crippen molar-refractivity contribution >= 4 is 11.8 Å². The molecule has 0 spiro atoms. The summed E-state index contributed by atoms with van der Waals surface area (Å²) in [4.78, 5) is 25.0. The number of ketones is 1. The van der Waals surface area contributed by atoms with E-state index in [9.17, 15) is 9.59 Å². The van der Waals surface area contributed by atoms with Gasteiger partial charge in [0.25, 0.3) is 0 Å². The highest BCUT2D eigenvalue weighted by atomic mass is 16.5. The number of benzene rings is 1. The smallest absolute Gasteiger partial charge is 0.354 e. The molecule has 0 atom stereocenters. The zero-order valence-electron chi connectivity index (χ0n) is 21.8. The highest BCUT2D eigenvalue weighted by Gasteiger charge is 2.35. The van der Waals surface area contributed by atoms with Gasteiger partial charge in [-0.1, -0.05) is 46.8 Å². The predicted molar refractivity (Wildman–Crippen MR) is 136 cm³/mol. The molecule has 0 bridgehead atoms. The second kappa shape index (κ2) is 11.4. The van der Waals surface area contributed by atoms with Gasteiger partial charge in [-0.05, 0) is 56.0 Å². The molecule has 0 unspecified atom stereocenters. The number of nitrogens with zero attached hydrogens (tertiary/aromatic N) is 1. The maximum absolute atomic E-state index is 12.7. The molecule has 2 rings (SSSR count). The van der Waals surface area contributed by atoms with Gasteiger partial charge in [-0.3, -0.25) is 4.79 Å². The summed E-state index contributed by atoms with van der Waals surface area (Å²) in [6.45, 7) is 15.0. The Bertz CT molecular complexity index is 1050. The molecule has 0 fully saturated rings. The first-order valence-electron chi connectivity index (χ1n) is 12.1. The number of aryl methyl sites for hydroxylation is 1. The van der Waals surface area contributed by atoms with Crippen LogP contribution in [0.15, 0.2) is 30.3 Å². The minimum Gasteiger partial charge on any atom is -0.486 e. The van der Waals surface area contributed by atoms with Crippen molar-refractivity contribution in [3.8, 4) is 18.1 Å². The summed E-state index contributed by atoms with van der Waals surface area (Å²) in [5.74, 6) is 2.92. The summed E-state index contributed by atoms with van der Waals surface area (Å²) in [6.07, 6.45) is 7.40. The Kier molecular flexibility index (Phi) is 9.15. The fraction of sp³-hybridized carbons (Fsp3) is 0.517. The van der Waals surface area contributed by atoms with Gasteiger partial charge in [-0.2, -0.15) is 0 Å². The number of ether oxygens (including phenoxy) is 2. The summed E-state index contributed by atoms with van der Waals surface area (Å²) < 4.78 is 13.3. The van der Waals surface area contributed by atoms with Gasteiger partial charge in [-0.25, -0.2) is 4.79 Å². The third kappa shape index (κ3) is 5.73. The molecule has 0 aliphatic carbocycles. The largest absolute Gasteiger partial charge is 0.486 e. The van der Waals surface area contributed by atoms with E-state index in [-0.39, 0.29) is 30.4 Å². The number of esters is 1. The van der Waals surface area contributed by atoms with Crippen LogP contribution in [0, 0.1) is 24.7 Å². The van der Waals surface area contributed by atoms with E-state index in [1.165, 1.54) is 0 Å². The first-order valence-corrected chi connectivity index (χ1v) is 12.1. The lowest BCUT2D eigenvalue weighted by atomic mass is 9.72. The van der Waals surface area contributed by atoms with E-state index < -0.39 is 5.41 Å². The van der Waals surface area contributed by atoms with Crippen LogP contribution in [-0.2, 0) is 21.5 Å². The number of aromatic nitrogens is 1. The van der Waals surface area contributed by atoms with Crippen molar-refractivity contribution in [1.82, 2.24) is 4.57 Å². The van der Waals surface area contributed by atoms with E-state index in [0.29, 0.717) is 24.4 Å². The van der Waals surface area contributed by atoms with Crippen molar-refractivity contribution in [2.45, 2.75) is 79.7 Å². The second-order valence-corrected chi connectivity index (χ2v) is 9.67. The zero-order valence-corrected chi connectivity index (χ0v) is 21.8.